The normalized spacial score (nSPS) is 11.5. The van der Waals surface area contributed by atoms with Crippen molar-refractivity contribution in [3.8, 4) is 0 Å². The predicted octanol–water partition coefficient (Wildman–Crippen LogP) is 3.60. The molecule has 0 saturated carbocycles. The van der Waals surface area contributed by atoms with E-state index in [1.807, 2.05) is 0 Å². The number of fused-ring (bicyclic) bond motifs is 3. The van der Waals surface area contributed by atoms with Crippen molar-refractivity contribution in [3.63, 3.8) is 0 Å². The van der Waals surface area contributed by atoms with E-state index >= 15 is 0 Å². The van der Waals surface area contributed by atoms with E-state index in [2.05, 4.69) is 0 Å². The molecular weight excluding hydrogens is 852 g/mol. The maximum atomic E-state index is 11.0. The molecule has 6 aromatic rings. The molecule has 12 nitrogen and oxygen atoms in total. The van der Waals surface area contributed by atoms with E-state index < -0.39 is 30.4 Å². The Kier molecular flexibility index (Phi) is 11.3. The van der Waals surface area contributed by atoms with Gasteiger partial charge in [-0.05, 0) is 36.4 Å². The summed E-state index contributed by atoms with van der Waals surface area (Å²) in [4.78, 5) is -0.688. The Labute approximate surface area is 284 Å². The van der Waals surface area contributed by atoms with Gasteiger partial charge < -0.3 is 30.9 Å². The number of hydrogen-bond acceptors (Lipinski definition) is 12. The molecule has 0 atom stereocenters. The summed E-state index contributed by atoms with van der Waals surface area (Å²) in [5, 5.41) is 2.84. The molecule has 0 aliphatic rings. The maximum Gasteiger partial charge on any atom is 3.00 e. The van der Waals surface area contributed by atoms with Gasteiger partial charge >= 0.3 is 26.2 Å². The summed E-state index contributed by atoms with van der Waals surface area (Å²) < 4.78 is 98.7. The molecule has 0 amide bonds. The number of anilines is 3. The quantitative estimate of drug-likeness (QED) is 0.131. The molecule has 16 heteroatoms. The third kappa shape index (κ3) is 8.28. The Balaban J connectivity index is 0.000000186. The van der Waals surface area contributed by atoms with E-state index in [0.717, 1.165) is 0 Å². The average Bonchev–Trinajstić information content (AvgIpc) is 2.96. The van der Waals surface area contributed by atoms with Crippen molar-refractivity contribution in [3.05, 3.63) is 109 Å². The van der Waals surface area contributed by atoms with Crippen molar-refractivity contribution in [1.82, 2.24) is 0 Å². The number of nitrogen functional groups attached to an aromatic ring is 3. The van der Waals surface area contributed by atoms with E-state index in [9.17, 15) is 38.9 Å². The first-order chi connectivity index (χ1) is 21.0. The van der Waals surface area contributed by atoms with Gasteiger partial charge in [-0.15, -0.1) is 0 Å². The van der Waals surface area contributed by atoms with Gasteiger partial charge in [-0.2, -0.15) is 0 Å². The van der Waals surface area contributed by atoms with E-state index in [1.54, 1.807) is 72.8 Å². The molecular formula is C30H24BiN3O9S3. The van der Waals surface area contributed by atoms with Crippen LogP contribution in [0.4, 0.5) is 17.1 Å². The zero-order valence-corrected chi connectivity index (χ0v) is 29.4. The Morgan fingerprint density at radius 3 is 0.761 bits per heavy atom. The van der Waals surface area contributed by atoms with Crippen molar-refractivity contribution in [1.29, 1.82) is 0 Å². The summed E-state index contributed by atoms with van der Waals surface area (Å²) in [6, 6.07) is 27.9. The summed E-state index contributed by atoms with van der Waals surface area (Å²) in [7, 11) is -13.4. The number of benzene rings is 6. The Bertz CT molecular complexity index is 2130. The maximum absolute atomic E-state index is 11.0. The van der Waals surface area contributed by atoms with Gasteiger partial charge in [-0.25, -0.2) is 25.3 Å². The number of hydrogen-bond donors (Lipinski definition) is 3. The minimum atomic E-state index is -4.45. The fourth-order valence-electron chi connectivity index (χ4n) is 4.57. The van der Waals surface area contributed by atoms with Crippen LogP contribution < -0.4 is 17.2 Å². The largest absolute Gasteiger partial charge is 3.00 e. The van der Waals surface area contributed by atoms with Crippen LogP contribution in [0.1, 0.15) is 0 Å². The molecule has 0 unspecified atom stereocenters. The molecule has 0 fully saturated rings. The summed E-state index contributed by atoms with van der Waals surface area (Å²) in [6.45, 7) is 0. The molecule has 0 spiro atoms. The third-order valence-corrected chi connectivity index (χ3v) is 9.24. The van der Waals surface area contributed by atoms with Gasteiger partial charge in [0.05, 0.1) is 14.7 Å². The van der Waals surface area contributed by atoms with Crippen LogP contribution in [-0.4, -0.2) is 65.1 Å². The fourth-order valence-corrected chi connectivity index (χ4v) is 6.65. The molecule has 6 rings (SSSR count). The molecule has 6 N–H and O–H groups in total. The first-order valence-electron chi connectivity index (χ1n) is 12.7. The van der Waals surface area contributed by atoms with E-state index in [-0.39, 0.29) is 40.9 Å². The molecule has 0 aliphatic carbocycles. The van der Waals surface area contributed by atoms with Gasteiger partial charge in [0.25, 0.3) is 0 Å². The van der Waals surface area contributed by atoms with Crippen LogP contribution in [0, 0.1) is 0 Å². The smallest absolute Gasteiger partial charge is 0.744 e. The monoisotopic (exact) mass is 875 g/mol. The van der Waals surface area contributed by atoms with Crippen molar-refractivity contribution in [2.45, 2.75) is 14.7 Å². The molecule has 0 bridgehead atoms. The second kappa shape index (κ2) is 14.3. The average molecular weight is 876 g/mol. The van der Waals surface area contributed by atoms with E-state index in [0.29, 0.717) is 49.4 Å². The van der Waals surface area contributed by atoms with Gasteiger partial charge in [0, 0.05) is 49.4 Å². The van der Waals surface area contributed by atoms with Crippen LogP contribution in [0.5, 0.6) is 0 Å². The van der Waals surface area contributed by atoms with Gasteiger partial charge in [0.2, 0.25) is 0 Å². The van der Waals surface area contributed by atoms with Crippen LogP contribution in [0.3, 0.4) is 0 Å². The van der Waals surface area contributed by atoms with Gasteiger partial charge in [-0.3, -0.25) is 0 Å². The minimum absolute atomic E-state index is 0. The van der Waals surface area contributed by atoms with Crippen LogP contribution in [0.25, 0.3) is 32.3 Å². The number of nitrogens with two attached hydrogens (primary N) is 3. The standard InChI is InChI=1S/3C10H9NO3S.Bi/c3*11-9-5-1-4-8-7(9)3-2-6-10(8)15(12,13)14;/h3*1-6H,11H2,(H,12,13,14);/q;;;+3/p-3. The predicted molar refractivity (Wildman–Crippen MR) is 175 cm³/mol. The summed E-state index contributed by atoms with van der Waals surface area (Å²) in [5.41, 5.74) is 18.4. The first kappa shape index (κ1) is 36.6. The molecule has 2 radical (unpaired) electrons. The van der Waals surface area contributed by atoms with Gasteiger partial charge in [0.1, 0.15) is 30.4 Å². The van der Waals surface area contributed by atoms with Gasteiger partial charge in [0.15, 0.2) is 0 Å². The molecule has 0 heterocycles. The minimum Gasteiger partial charge on any atom is -0.744 e. The van der Waals surface area contributed by atoms with Crippen LogP contribution in [0.15, 0.2) is 124 Å². The third-order valence-electron chi connectivity index (χ3n) is 6.56. The summed E-state index contributed by atoms with van der Waals surface area (Å²) in [5.74, 6) is 0. The topological polar surface area (TPSA) is 250 Å². The van der Waals surface area contributed by atoms with Crippen molar-refractivity contribution < 1.29 is 38.9 Å². The summed E-state index contributed by atoms with van der Waals surface area (Å²) >= 11 is 0. The van der Waals surface area contributed by atoms with Crippen molar-refractivity contribution >= 4 is 106 Å². The first-order valence-corrected chi connectivity index (χ1v) is 16.9. The van der Waals surface area contributed by atoms with Crippen LogP contribution in [-0.2, 0) is 30.4 Å². The molecule has 46 heavy (non-hydrogen) atoms. The Morgan fingerprint density at radius 2 is 0.543 bits per heavy atom. The molecule has 0 saturated heterocycles. The molecule has 236 valence electrons. The van der Waals surface area contributed by atoms with Crippen LogP contribution >= 0.6 is 0 Å². The zero-order valence-electron chi connectivity index (χ0n) is 23.5. The second-order valence-electron chi connectivity index (χ2n) is 9.46. The van der Waals surface area contributed by atoms with Crippen LogP contribution in [0.2, 0.25) is 0 Å². The molecule has 6 aromatic carbocycles. The fraction of sp³-hybridized carbons (Fsp3) is 0. The van der Waals surface area contributed by atoms with Crippen molar-refractivity contribution in [2.24, 2.45) is 0 Å². The SMILES string of the molecule is Nc1cccc2c(S(=O)(=O)[O-])cccc12.Nc1cccc2c(S(=O)(=O)[O-])cccc12.Nc1cccc2c(S(=O)(=O)[O-])cccc12.[Bi+3]. The summed E-state index contributed by atoms with van der Waals surface area (Å²) in [6.07, 6.45) is 0. The molecule has 0 aromatic heterocycles. The Hall–Kier alpha value is -3.89. The zero-order chi connectivity index (χ0) is 33.2. The van der Waals surface area contributed by atoms with E-state index in [4.69, 9.17) is 17.2 Å². The molecule has 0 aliphatic heterocycles. The van der Waals surface area contributed by atoms with E-state index in [1.165, 1.54) is 36.4 Å². The Morgan fingerprint density at radius 1 is 0.348 bits per heavy atom. The van der Waals surface area contributed by atoms with Crippen molar-refractivity contribution in [2.75, 3.05) is 17.2 Å². The second-order valence-corrected chi connectivity index (χ2v) is 13.5. The number of rotatable bonds is 3. The van der Waals surface area contributed by atoms with Gasteiger partial charge in [-0.1, -0.05) is 72.8 Å².